The monoisotopic (exact) mass is 423 g/mol. The first-order valence-corrected chi connectivity index (χ1v) is 10.6. The van der Waals surface area contributed by atoms with Gasteiger partial charge in [-0.2, -0.15) is 0 Å². The molecular weight excluding hydrogens is 394 g/mol. The molecule has 2 aromatic rings. The van der Waals surface area contributed by atoms with Gasteiger partial charge in [-0.1, -0.05) is 48.5 Å². The Morgan fingerprint density at radius 3 is 2.35 bits per heavy atom. The molecule has 0 spiro atoms. The lowest BCUT2D eigenvalue weighted by atomic mass is 10.0. The molecule has 7 nitrogen and oxygen atoms in total. The van der Waals surface area contributed by atoms with E-state index in [0.29, 0.717) is 31.5 Å². The second-order valence-corrected chi connectivity index (χ2v) is 7.85. The minimum Gasteiger partial charge on any atom is -0.480 e. The molecule has 31 heavy (non-hydrogen) atoms. The third-order valence-electron chi connectivity index (χ3n) is 5.56. The number of carbonyl (C=O) groups is 3. The normalized spacial score (nSPS) is 17.7. The predicted molar refractivity (Wildman–Crippen MR) is 119 cm³/mol. The Balaban J connectivity index is 1.71. The number of anilines is 1. The molecule has 2 amide bonds. The van der Waals surface area contributed by atoms with Gasteiger partial charge >= 0.3 is 5.97 Å². The largest absolute Gasteiger partial charge is 0.480 e. The van der Waals surface area contributed by atoms with Crippen LogP contribution in [0.5, 0.6) is 0 Å². The molecule has 1 fully saturated rings. The number of carboxylic acids is 1. The third-order valence-corrected chi connectivity index (χ3v) is 5.56. The van der Waals surface area contributed by atoms with E-state index in [4.69, 9.17) is 0 Å². The maximum absolute atomic E-state index is 13.4. The number of hydrogen-bond donors (Lipinski definition) is 3. The first kappa shape index (κ1) is 22.5. The topological polar surface area (TPSA) is 98.7 Å². The fraction of sp³-hybridized carbons (Fsp3) is 0.375. The summed E-state index contributed by atoms with van der Waals surface area (Å²) in [5.41, 5.74) is 1.76. The number of likely N-dealkylation sites (tertiary alicyclic amines) is 1. The Kier molecular flexibility index (Phi) is 7.78. The second kappa shape index (κ2) is 10.7. The van der Waals surface area contributed by atoms with Crippen molar-refractivity contribution in [3.8, 4) is 0 Å². The van der Waals surface area contributed by atoms with Crippen LogP contribution in [-0.4, -0.2) is 52.5 Å². The van der Waals surface area contributed by atoms with E-state index >= 15 is 0 Å². The maximum atomic E-state index is 13.4. The Morgan fingerprint density at radius 2 is 1.71 bits per heavy atom. The summed E-state index contributed by atoms with van der Waals surface area (Å²) in [6, 6.07) is 16.8. The van der Waals surface area contributed by atoms with Gasteiger partial charge in [0.1, 0.15) is 12.1 Å². The van der Waals surface area contributed by atoms with E-state index in [0.717, 1.165) is 12.0 Å². The Labute approximate surface area is 182 Å². The van der Waals surface area contributed by atoms with Crippen LogP contribution in [0.1, 0.15) is 31.7 Å². The maximum Gasteiger partial charge on any atom is 0.320 e. The average Bonchev–Trinajstić information content (AvgIpc) is 3.27. The van der Waals surface area contributed by atoms with E-state index in [-0.39, 0.29) is 11.8 Å². The van der Waals surface area contributed by atoms with E-state index in [1.54, 1.807) is 17.0 Å². The first-order valence-electron chi connectivity index (χ1n) is 10.6. The van der Waals surface area contributed by atoms with Crippen molar-refractivity contribution in [3.05, 3.63) is 66.2 Å². The van der Waals surface area contributed by atoms with Gasteiger partial charge in [0.2, 0.25) is 11.8 Å². The number of hydrogen-bond acceptors (Lipinski definition) is 4. The first-order chi connectivity index (χ1) is 15.0. The summed E-state index contributed by atoms with van der Waals surface area (Å²) in [7, 11) is 0. The SMILES string of the molecule is C[C@@H](N[C@@H](CCc1ccccc1)C(=O)N1CCC[C@H]1C(=O)Nc1ccccc1)C(=O)O. The second-order valence-electron chi connectivity index (χ2n) is 7.85. The lowest BCUT2D eigenvalue weighted by molar-refractivity contribution is -0.141. The van der Waals surface area contributed by atoms with Crippen LogP contribution in [0.4, 0.5) is 5.69 Å². The van der Waals surface area contributed by atoms with Crippen LogP contribution in [0, 0.1) is 0 Å². The Hall–Kier alpha value is -3.19. The van der Waals surface area contributed by atoms with Gasteiger partial charge in [0.05, 0.1) is 6.04 Å². The van der Waals surface area contributed by atoms with Crippen LogP contribution in [0.25, 0.3) is 0 Å². The standard InChI is InChI=1S/C24H29N3O4/c1-17(24(30)31)25-20(15-14-18-9-4-2-5-10-18)23(29)27-16-8-13-21(27)22(28)26-19-11-6-3-7-12-19/h2-7,9-12,17,20-21,25H,8,13-16H2,1H3,(H,26,28)(H,30,31)/t17-,20+,21+/m1/s1. The fourth-order valence-corrected chi connectivity index (χ4v) is 3.86. The summed E-state index contributed by atoms with van der Waals surface area (Å²) < 4.78 is 0. The number of benzene rings is 2. The van der Waals surface area contributed by atoms with Crippen molar-refractivity contribution in [3.63, 3.8) is 0 Å². The number of nitrogens with one attached hydrogen (secondary N) is 2. The molecule has 1 saturated heterocycles. The van der Waals surface area contributed by atoms with E-state index < -0.39 is 24.1 Å². The molecule has 0 bridgehead atoms. The fourth-order valence-electron chi connectivity index (χ4n) is 3.86. The zero-order chi connectivity index (χ0) is 22.2. The smallest absolute Gasteiger partial charge is 0.320 e. The van der Waals surface area contributed by atoms with Gasteiger partial charge in [0.25, 0.3) is 0 Å². The van der Waals surface area contributed by atoms with E-state index in [9.17, 15) is 19.5 Å². The van der Waals surface area contributed by atoms with Gasteiger partial charge < -0.3 is 15.3 Å². The number of carbonyl (C=O) groups excluding carboxylic acids is 2. The number of carboxylic acid groups (broad SMARTS) is 1. The van der Waals surface area contributed by atoms with Gasteiger partial charge in [0, 0.05) is 12.2 Å². The lowest BCUT2D eigenvalue weighted by Crippen LogP contribution is -2.54. The quantitative estimate of drug-likeness (QED) is 0.576. The zero-order valence-electron chi connectivity index (χ0n) is 17.7. The van der Waals surface area contributed by atoms with Crippen molar-refractivity contribution < 1.29 is 19.5 Å². The lowest BCUT2D eigenvalue weighted by Gasteiger charge is -2.29. The van der Waals surface area contributed by atoms with Crippen LogP contribution >= 0.6 is 0 Å². The van der Waals surface area contributed by atoms with Gasteiger partial charge in [-0.25, -0.2) is 0 Å². The molecule has 0 saturated carbocycles. The number of amides is 2. The van der Waals surface area contributed by atoms with Crippen LogP contribution < -0.4 is 10.6 Å². The van der Waals surface area contributed by atoms with Crippen LogP contribution in [-0.2, 0) is 20.8 Å². The predicted octanol–water partition coefficient (Wildman–Crippen LogP) is 2.68. The van der Waals surface area contributed by atoms with Crippen molar-refractivity contribution in [2.24, 2.45) is 0 Å². The highest BCUT2D eigenvalue weighted by Gasteiger charge is 2.37. The van der Waals surface area contributed by atoms with Crippen LogP contribution in [0.15, 0.2) is 60.7 Å². The number of nitrogens with zero attached hydrogens (tertiary/aromatic N) is 1. The summed E-state index contributed by atoms with van der Waals surface area (Å²) >= 11 is 0. The molecule has 3 N–H and O–H groups in total. The van der Waals surface area contributed by atoms with E-state index in [1.165, 1.54) is 6.92 Å². The number of rotatable bonds is 9. The van der Waals surface area contributed by atoms with Gasteiger partial charge in [0.15, 0.2) is 0 Å². The van der Waals surface area contributed by atoms with Crippen LogP contribution in [0.2, 0.25) is 0 Å². The molecule has 164 valence electrons. The van der Waals surface area contributed by atoms with Crippen molar-refractivity contribution in [1.82, 2.24) is 10.2 Å². The molecule has 0 radical (unpaired) electrons. The highest BCUT2D eigenvalue weighted by atomic mass is 16.4. The molecule has 1 aliphatic heterocycles. The van der Waals surface area contributed by atoms with Crippen molar-refractivity contribution in [2.45, 2.75) is 50.7 Å². The average molecular weight is 424 g/mol. The highest BCUT2D eigenvalue weighted by Crippen LogP contribution is 2.21. The van der Waals surface area contributed by atoms with Crippen LogP contribution in [0.3, 0.4) is 0 Å². The Bertz CT molecular complexity index is 888. The molecule has 3 rings (SSSR count). The molecule has 0 aromatic heterocycles. The molecule has 1 aliphatic rings. The summed E-state index contributed by atoms with van der Waals surface area (Å²) in [4.78, 5) is 39.2. The zero-order valence-corrected chi connectivity index (χ0v) is 17.7. The number of aliphatic carboxylic acids is 1. The van der Waals surface area contributed by atoms with Crippen molar-refractivity contribution in [2.75, 3.05) is 11.9 Å². The molecule has 0 unspecified atom stereocenters. The van der Waals surface area contributed by atoms with Gasteiger partial charge in [-0.3, -0.25) is 19.7 Å². The van der Waals surface area contributed by atoms with Crippen molar-refractivity contribution in [1.29, 1.82) is 0 Å². The summed E-state index contributed by atoms with van der Waals surface area (Å²) in [5.74, 6) is -1.46. The molecule has 0 aliphatic carbocycles. The van der Waals surface area contributed by atoms with E-state index in [1.807, 2.05) is 48.5 Å². The molecule has 7 heteroatoms. The summed E-state index contributed by atoms with van der Waals surface area (Å²) in [6.45, 7) is 2.01. The Morgan fingerprint density at radius 1 is 1.06 bits per heavy atom. The van der Waals surface area contributed by atoms with Gasteiger partial charge in [-0.05, 0) is 50.3 Å². The van der Waals surface area contributed by atoms with E-state index in [2.05, 4.69) is 10.6 Å². The molecule has 2 aromatic carbocycles. The minimum atomic E-state index is -1.02. The molecule has 1 heterocycles. The number of aryl methyl sites for hydroxylation is 1. The molecular formula is C24H29N3O4. The summed E-state index contributed by atoms with van der Waals surface area (Å²) in [6.07, 6.45) is 2.40. The molecule has 3 atom stereocenters. The summed E-state index contributed by atoms with van der Waals surface area (Å²) in [5, 5.41) is 15.1. The number of para-hydroxylation sites is 1. The minimum absolute atomic E-state index is 0.217. The third kappa shape index (κ3) is 6.15. The highest BCUT2D eigenvalue weighted by molar-refractivity contribution is 5.98. The van der Waals surface area contributed by atoms with Gasteiger partial charge in [-0.15, -0.1) is 0 Å². The van der Waals surface area contributed by atoms with Crippen molar-refractivity contribution >= 4 is 23.5 Å².